The number of carbonyl (C=O) groups is 1. The van der Waals surface area contributed by atoms with Gasteiger partial charge in [0.2, 0.25) is 6.10 Å². The van der Waals surface area contributed by atoms with Crippen LogP contribution >= 0.6 is 23.2 Å². The standard InChI is InChI=1S/C21H25Cl2N5O2/c1-3-28-13-17(14(2)24-28)19-11-20(30-25-19)21(29)27-8-6-26(7-9-27)12-15-4-5-16(22)10-18(15)23/h4-5,10,13,20H,3,6-9,11-12H2,1-2H3. The quantitative estimate of drug-likeness (QED) is 0.701. The van der Waals surface area contributed by atoms with E-state index in [0.29, 0.717) is 29.6 Å². The molecule has 1 amide bonds. The van der Waals surface area contributed by atoms with E-state index in [0.717, 1.165) is 48.7 Å². The highest BCUT2D eigenvalue weighted by atomic mass is 35.5. The predicted octanol–water partition coefficient (Wildman–Crippen LogP) is 3.36. The monoisotopic (exact) mass is 449 g/mol. The highest BCUT2D eigenvalue weighted by Gasteiger charge is 2.34. The SMILES string of the molecule is CCn1cc(C2=NOC(C(=O)N3CCN(Cc4ccc(Cl)cc4Cl)CC3)C2)c(C)n1. The molecule has 0 spiro atoms. The van der Waals surface area contributed by atoms with E-state index in [1.165, 1.54) is 0 Å². The molecule has 2 aliphatic heterocycles. The van der Waals surface area contributed by atoms with Gasteiger partial charge in [-0.3, -0.25) is 14.4 Å². The predicted molar refractivity (Wildman–Crippen MR) is 117 cm³/mol. The first-order valence-electron chi connectivity index (χ1n) is 10.2. The molecule has 0 bridgehead atoms. The van der Waals surface area contributed by atoms with Crippen LogP contribution in [0.15, 0.2) is 29.6 Å². The molecule has 7 nitrogen and oxygen atoms in total. The molecule has 4 rings (SSSR count). The Kier molecular flexibility index (Phi) is 6.32. The summed E-state index contributed by atoms with van der Waals surface area (Å²) in [6.45, 7) is 8.41. The molecule has 3 heterocycles. The van der Waals surface area contributed by atoms with Crippen molar-refractivity contribution < 1.29 is 9.63 Å². The minimum Gasteiger partial charge on any atom is -0.382 e. The minimum absolute atomic E-state index is 0.00142. The zero-order valence-electron chi connectivity index (χ0n) is 17.1. The number of rotatable bonds is 5. The van der Waals surface area contributed by atoms with Gasteiger partial charge in [0, 0.05) is 67.5 Å². The summed E-state index contributed by atoms with van der Waals surface area (Å²) in [4.78, 5) is 22.6. The molecule has 1 unspecified atom stereocenters. The van der Waals surface area contributed by atoms with Crippen molar-refractivity contribution in [3.05, 3.63) is 51.3 Å². The van der Waals surface area contributed by atoms with Gasteiger partial charge in [-0.05, 0) is 31.5 Å². The number of hydrogen-bond donors (Lipinski definition) is 0. The van der Waals surface area contributed by atoms with Gasteiger partial charge in [0.1, 0.15) is 0 Å². The molecule has 2 aliphatic rings. The van der Waals surface area contributed by atoms with Gasteiger partial charge >= 0.3 is 0 Å². The minimum atomic E-state index is -0.554. The van der Waals surface area contributed by atoms with Crippen molar-refractivity contribution in [2.24, 2.45) is 5.16 Å². The molecule has 2 aromatic rings. The number of halogens is 2. The Hall–Kier alpha value is -2.09. The van der Waals surface area contributed by atoms with Crippen LogP contribution in [-0.4, -0.2) is 63.5 Å². The lowest BCUT2D eigenvalue weighted by atomic mass is 10.1. The van der Waals surface area contributed by atoms with E-state index in [4.69, 9.17) is 28.0 Å². The number of benzene rings is 1. The van der Waals surface area contributed by atoms with E-state index in [2.05, 4.69) is 15.2 Å². The number of aromatic nitrogens is 2. The van der Waals surface area contributed by atoms with Crippen LogP contribution in [0.5, 0.6) is 0 Å². The molecule has 0 aliphatic carbocycles. The van der Waals surface area contributed by atoms with Crippen LogP contribution in [0.3, 0.4) is 0 Å². The number of aryl methyl sites for hydroxylation is 2. The fourth-order valence-corrected chi connectivity index (χ4v) is 4.32. The number of oxime groups is 1. The maximum atomic E-state index is 12.9. The van der Waals surface area contributed by atoms with Crippen LogP contribution in [0.25, 0.3) is 0 Å². The van der Waals surface area contributed by atoms with Crippen molar-refractivity contribution in [2.75, 3.05) is 26.2 Å². The van der Waals surface area contributed by atoms with Crippen LogP contribution in [0.1, 0.15) is 30.2 Å². The van der Waals surface area contributed by atoms with E-state index in [9.17, 15) is 4.79 Å². The summed E-state index contributed by atoms with van der Waals surface area (Å²) >= 11 is 12.3. The smallest absolute Gasteiger partial charge is 0.266 e. The summed E-state index contributed by atoms with van der Waals surface area (Å²) in [7, 11) is 0. The highest BCUT2D eigenvalue weighted by molar-refractivity contribution is 6.35. The molecule has 9 heteroatoms. The van der Waals surface area contributed by atoms with Crippen molar-refractivity contribution in [3.63, 3.8) is 0 Å². The fraction of sp³-hybridized carbons (Fsp3) is 0.476. The molecule has 1 saturated heterocycles. The van der Waals surface area contributed by atoms with Crippen molar-refractivity contribution >= 4 is 34.8 Å². The van der Waals surface area contributed by atoms with Gasteiger partial charge in [0.05, 0.1) is 11.4 Å². The molecule has 1 aromatic carbocycles. The number of carbonyl (C=O) groups excluding carboxylic acids is 1. The van der Waals surface area contributed by atoms with Crippen molar-refractivity contribution in [1.82, 2.24) is 19.6 Å². The van der Waals surface area contributed by atoms with E-state index < -0.39 is 6.10 Å². The van der Waals surface area contributed by atoms with Crippen LogP contribution in [0.4, 0.5) is 0 Å². The third kappa shape index (κ3) is 4.48. The zero-order chi connectivity index (χ0) is 21.3. The summed E-state index contributed by atoms with van der Waals surface area (Å²) in [6.07, 6.45) is 1.89. The number of piperazine rings is 1. The topological polar surface area (TPSA) is 63.0 Å². The Balaban J connectivity index is 1.30. The molecule has 0 radical (unpaired) electrons. The number of amides is 1. The Morgan fingerprint density at radius 1 is 1.23 bits per heavy atom. The number of hydrogen-bond acceptors (Lipinski definition) is 5. The van der Waals surface area contributed by atoms with Gasteiger partial charge in [-0.25, -0.2) is 0 Å². The fourth-order valence-electron chi connectivity index (χ4n) is 3.85. The van der Waals surface area contributed by atoms with Gasteiger partial charge < -0.3 is 9.74 Å². The summed E-state index contributed by atoms with van der Waals surface area (Å²) in [5.74, 6) is -0.00142. The summed E-state index contributed by atoms with van der Waals surface area (Å²) in [5.41, 5.74) is 3.70. The molecular weight excluding hydrogens is 425 g/mol. The van der Waals surface area contributed by atoms with Crippen molar-refractivity contribution in [2.45, 2.75) is 39.5 Å². The normalized spacial score (nSPS) is 19.7. The maximum absolute atomic E-state index is 12.9. The molecule has 30 heavy (non-hydrogen) atoms. The van der Waals surface area contributed by atoms with Crippen LogP contribution < -0.4 is 0 Å². The van der Waals surface area contributed by atoms with Crippen LogP contribution in [-0.2, 0) is 22.7 Å². The molecule has 1 fully saturated rings. The second-order valence-electron chi connectivity index (χ2n) is 7.66. The first-order valence-corrected chi connectivity index (χ1v) is 10.9. The lowest BCUT2D eigenvalue weighted by molar-refractivity contribution is -0.143. The van der Waals surface area contributed by atoms with Gasteiger partial charge in [-0.1, -0.05) is 34.4 Å². The third-order valence-electron chi connectivity index (χ3n) is 5.62. The molecule has 1 aromatic heterocycles. The second kappa shape index (κ2) is 8.96. The summed E-state index contributed by atoms with van der Waals surface area (Å²) < 4.78 is 1.87. The van der Waals surface area contributed by atoms with E-state index in [1.807, 2.05) is 41.8 Å². The second-order valence-corrected chi connectivity index (χ2v) is 8.50. The molecular formula is C21H25Cl2N5O2. The molecule has 0 saturated carbocycles. The Morgan fingerprint density at radius 2 is 2.00 bits per heavy atom. The van der Waals surface area contributed by atoms with E-state index in [1.54, 1.807) is 6.07 Å². The Morgan fingerprint density at radius 3 is 2.67 bits per heavy atom. The molecule has 0 N–H and O–H groups in total. The molecule has 1 atom stereocenters. The van der Waals surface area contributed by atoms with Crippen molar-refractivity contribution in [1.29, 1.82) is 0 Å². The zero-order valence-corrected chi connectivity index (χ0v) is 18.7. The van der Waals surface area contributed by atoms with Crippen molar-refractivity contribution in [3.8, 4) is 0 Å². The number of nitrogens with zero attached hydrogens (tertiary/aromatic N) is 5. The maximum Gasteiger partial charge on any atom is 0.266 e. The van der Waals surface area contributed by atoms with Gasteiger partial charge in [-0.15, -0.1) is 0 Å². The summed E-state index contributed by atoms with van der Waals surface area (Å²) in [6, 6.07) is 5.57. The van der Waals surface area contributed by atoms with Crippen LogP contribution in [0, 0.1) is 6.92 Å². The Bertz CT molecular complexity index is 966. The lowest BCUT2D eigenvalue weighted by Crippen LogP contribution is -2.51. The molecule has 160 valence electrons. The highest BCUT2D eigenvalue weighted by Crippen LogP contribution is 2.24. The van der Waals surface area contributed by atoms with Gasteiger partial charge in [-0.2, -0.15) is 5.10 Å². The van der Waals surface area contributed by atoms with Crippen LogP contribution in [0.2, 0.25) is 10.0 Å². The third-order valence-corrected chi connectivity index (χ3v) is 6.21. The first-order chi connectivity index (χ1) is 14.4. The summed E-state index contributed by atoms with van der Waals surface area (Å²) in [5, 5.41) is 9.94. The first kappa shape index (κ1) is 21.2. The largest absolute Gasteiger partial charge is 0.382 e. The Labute approximate surface area is 186 Å². The van der Waals surface area contributed by atoms with Gasteiger partial charge in [0.25, 0.3) is 5.91 Å². The van der Waals surface area contributed by atoms with E-state index in [-0.39, 0.29) is 5.91 Å². The average molecular weight is 450 g/mol. The average Bonchev–Trinajstić information content (AvgIpc) is 3.36. The van der Waals surface area contributed by atoms with E-state index >= 15 is 0 Å². The van der Waals surface area contributed by atoms with Gasteiger partial charge in [0.15, 0.2) is 0 Å². The lowest BCUT2D eigenvalue weighted by Gasteiger charge is -2.35.